The molecule has 2 aromatic rings. The number of nitrogens with two attached hydrogens (primary N) is 1. The fraction of sp³-hybridized carbons (Fsp3) is 0. The summed E-state index contributed by atoms with van der Waals surface area (Å²) in [6.45, 7) is 0. The van der Waals surface area contributed by atoms with Gasteiger partial charge < -0.3 is 10.9 Å². The molecule has 0 aromatic carbocycles. The zero-order valence-electron chi connectivity index (χ0n) is 5.58. The second-order valence-electron chi connectivity index (χ2n) is 1.87. The Bertz CT molecular complexity index is 353. The number of nitrogen functional groups attached to an aromatic ring is 1. The molecule has 0 amide bonds. The topological polar surface area (TPSA) is 132 Å². The Morgan fingerprint density at radius 1 is 1.42 bits per heavy atom. The van der Waals surface area contributed by atoms with Crippen LogP contribution in [0, 0.1) is 5.21 Å². The number of hydrogen-bond donors (Lipinski definition) is 1. The Morgan fingerprint density at radius 3 is 2.75 bits per heavy atom. The lowest BCUT2D eigenvalue weighted by molar-refractivity contribution is 0.310. The zero-order valence-corrected chi connectivity index (χ0v) is 5.58. The van der Waals surface area contributed by atoms with Crippen LogP contribution in [0.2, 0.25) is 0 Å². The van der Waals surface area contributed by atoms with Crippen molar-refractivity contribution in [1.82, 2.24) is 30.7 Å². The van der Waals surface area contributed by atoms with Gasteiger partial charge >= 0.3 is 0 Å². The Morgan fingerprint density at radius 2 is 2.25 bits per heavy atom. The minimum atomic E-state index is -0.131. The number of anilines is 1. The van der Waals surface area contributed by atoms with Crippen molar-refractivity contribution in [3.05, 3.63) is 5.21 Å². The van der Waals surface area contributed by atoms with Crippen LogP contribution in [0.4, 0.5) is 5.82 Å². The van der Waals surface area contributed by atoms with E-state index in [-0.39, 0.29) is 22.2 Å². The first-order chi connectivity index (χ1) is 5.79. The fourth-order valence-corrected chi connectivity index (χ4v) is 0.668. The van der Waals surface area contributed by atoms with E-state index in [0.717, 1.165) is 0 Å². The van der Waals surface area contributed by atoms with E-state index in [9.17, 15) is 5.21 Å². The van der Waals surface area contributed by atoms with Crippen LogP contribution in [0.5, 0.6) is 0 Å². The monoisotopic (exact) mass is 168 g/mol. The molecule has 12 heavy (non-hydrogen) atoms. The second-order valence-corrected chi connectivity index (χ2v) is 1.87. The number of tetrazole rings is 1. The molecular weight excluding hydrogens is 166 g/mol. The van der Waals surface area contributed by atoms with Crippen molar-refractivity contribution in [3.8, 4) is 11.5 Å². The number of rotatable bonds is 1. The first-order valence-electron chi connectivity index (χ1n) is 2.83. The zero-order chi connectivity index (χ0) is 8.55. The van der Waals surface area contributed by atoms with E-state index in [4.69, 9.17) is 5.73 Å². The molecule has 0 aliphatic heterocycles. The first-order valence-corrected chi connectivity index (χ1v) is 2.83. The lowest BCUT2D eigenvalue weighted by Crippen LogP contribution is -1.96. The van der Waals surface area contributed by atoms with E-state index in [2.05, 4.69) is 30.5 Å². The van der Waals surface area contributed by atoms with Crippen molar-refractivity contribution in [2.24, 2.45) is 0 Å². The summed E-state index contributed by atoms with van der Waals surface area (Å²) >= 11 is 0. The third-order valence-electron chi connectivity index (χ3n) is 1.17. The average Bonchev–Trinajstić information content (AvgIpc) is 2.59. The summed E-state index contributed by atoms with van der Waals surface area (Å²) < 4.78 is 4.25. The van der Waals surface area contributed by atoms with Gasteiger partial charge in [0.25, 0.3) is 0 Å². The Labute approximate surface area is 64.7 Å². The van der Waals surface area contributed by atoms with Gasteiger partial charge in [-0.2, -0.15) is 0 Å². The molecule has 0 aliphatic rings. The van der Waals surface area contributed by atoms with Gasteiger partial charge in [-0.05, 0) is 20.7 Å². The summed E-state index contributed by atoms with van der Waals surface area (Å²) in [5.74, 6) is -0.157. The molecule has 2 aromatic heterocycles. The molecule has 0 saturated carbocycles. The highest BCUT2D eigenvalue weighted by atomic mass is 16.6. The van der Waals surface area contributed by atoms with E-state index in [1.54, 1.807) is 0 Å². The van der Waals surface area contributed by atoms with Crippen molar-refractivity contribution in [2.45, 2.75) is 0 Å². The van der Waals surface area contributed by atoms with Crippen molar-refractivity contribution in [1.29, 1.82) is 0 Å². The first kappa shape index (κ1) is 6.52. The van der Waals surface area contributed by atoms with Crippen LogP contribution in [-0.4, -0.2) is 30.7 Å². The van der Waals surface area contributed by atoms with Gasteiger partial charge in [-0.1, -0.05) is 0 Å². The van der Waals surface area contributed by atoms with Crippen LogP contribution in [-0.2, 0) is 0 Å². The van der Waals surface area contributed by atoms with Crippen LogP contribution >= 0.6 is 0 Å². The normalized spacial score (nSPS) is 10.3. The van der Waals surface area contributed by atoms with Crippen molar-refractivity contribution < 1.29 is 4.63 Å². The maximum absolute atomic E-state index is 10.8. The maximum Gasteiger partial charge on any atom is 0.204 e. The molecule has 0 spiro atoms. The van der Waals surface area contributed by atoms with Crippen molar-refractivity contribution >= 4 is 5.82 Å². The maximum atomic E-state index is 10.8. The van der Waals surface area contributed by atoms with Crippen LogP contribution in [0.3, 0.4) is 0 Å². The average molecular weight is 168 g/mol. The highest BCUT2D eigenvalue weighted by molar-refractivity contribution is 5.61. The summed E-state index contributed by atoms with van der Waals surface area (Å²) in [5, 5.41) is 26.9. The number of nitrogens with zero attached hydrogens (tertiary/aromatic N) is 6. The van der Waals surface area contributed by atoms with E-state index >= 15 is 0 Å². The summed E-state index contributed by atoms with van der Waals surface area (Å²) in [6, 6.07) is 0. The Hall–Kier alpha value is -2.19. The third kappa shape index (κ3) is 0.761. The SMILES string of the molecule is Nc1nonc1-c1nnnn1[O-]. The smallest absolute Gasteiger partial charge is 0.204 e. The summed E-state index contributed by atoms with van der Waals surface area (Å²) in [7, 11) is 0. The van der Waals surface area contributed by atoms with Crippen LogP contribution in [0.1, 0.15) is 0 Å². The molecule has 0 saturated heterocycles. The van der Waals surface area contributed by atoms with Gasteiger partial charge in [0.1, 0.15) is 0 Å². The molecule has 2 N–H and O–H groups in total. The molecule has 2 rings (SSSR count). The van der Waals surface area contributed by atoms with Gasteiger partial charge in [-0.15, -0.1) is 5.10 Å². The van der Waals surface area contributed by atoms with Crippen LogP contribution in [0.15, 0.2) is 4.63 Å². The molecule has 0 radical (unpaired) electrons. The van der Waals surface area contributed by atoms with Gasteiger partial charge in [0.2, 0.25) is 5.82 Å². The number of hydrogen-bond acceptors (Lipinski definition) is 8. The molecule has 0 bridgehead atoms. The molecule has 0 atom stereocenters. The summed E-state index contributed by atoms with van der Waals surface area (Å²) in [6.07, 6.45) is 0. The summed E-state index contributed by atoms with van der Waals surface area (Å²) in [4.78, 5) is 0.176. The number of aromatic nitrogens is 6. The quantitative estimate of drug-likeness (QED) is 0.552. The second kappa shape index (κ2) is 2.15. The van der Waals surface area contributed by atoms with E-state index < -0.39 is 0 Å². The minimum absolute atomic E-state index is 0.0260. The van der Waals surface area contributed by atoms with E-state index in [0.29, 0.717) is 0 Å². The van der Waals surface area contributed by atoms with Gasteiger partial charge in [0, 0.05) is 0 Å². The molecule has 2 heterocycles. The fourth-order valence-electron chi connectivity index (χ4n) is 0.668. The van der Waals surface area contributed by atoms with Crippen LogP contribution < -0.4 is 5.73 Å². The minimum Gasteiger partial charge on any atom is -0.788 e. The van der Waals surface area contributed by atoms with Crippen molar-refractivity contribution in [2.75, 3.05) is 5.73 Å². The predicted octanol–water partition coefficient (Wildman–Crippen LogP) is -1.35. The predicted molar refractivity (Wildman–Crippen MR) is 34.3 cm³/mol. The van der Waals surface area contributed by atoms with Gasteiger partial charge in [-0.25, -0.2) is 4.63 Å². The van der Waals surface area contributed by atoms with Gasteiger partial charge in [-0.3, -0.25) is 4.85 Å². The highest BCUT2D eigenvalue weighted by Crippen LogP contribution is 2.16. The standard InChI is InChI=1S/C3H2N7O2/c4-2-1(6-12-7-2)3-5-8-9-10(3)11/h(H2,4,7)/q-1. The van der Waals surface area contributed by atoms with E-state index in [1.807, 2.05) is 0 Å². The molecule has 0 aliphatic carbocycles. The highest BCUT2D eigenvalue weighted by Gasteiger charge is 2.13. The molecule has 0 fully saturated rings. The third-order valence-corrected chi connectivity index (χ3v) is 1.17. The van der Waals surface area contributed by atoms with Crippen molar-refractivity contribution in [3.63, 3.8) is 0 Å². The molecule has 0 unspecified atom stereocenters. The molecule has 62 valence electrons. The van der Waals surface area contributed by atoms with E-state index in [1.165, 1.54) is 0 Å². The van der Waals surface area contributed by atoms with Gasteiger partial charge in [0.15, 0.2) is 11.5 Å². The molecular formula is C3H2N7O2-. The lowest BCUT2D eigenvalue weighted by atomic mass is 10.4. The molecule has 9 heteroatoms. The van der Waals surface area contributed by atoms with Gasteiger partial charge in [0.05, 0.1) is 0 Å². The molecule has 9 nitrogen and oxygen atoms in total. The Kier molecular flexibility index (Phi) is 1.17. The van der Waals surface area contributed by atoms with Crippen LogP contribution in [0.25, 0.3) is 11.5 Å². The lowest BCUT2D eigenvalue weighted by Gasteiger charge is -2.01. The Balaban J connectivity index is 2.57. The summed E-state index contributed by atoms with van der Waals surface area (Å²) in [5.41, 5.74) is 5.32. The largest absolute Gasteiger partial charge is 0.788 e.